The molecule has 2 nitrogen and oxygen atoms in total. The van der Waals surface area contributed by atoms with Gasteiger partial charge in [0, 0.05) is 10.8 Å². The molecule has 0 aromatic rings. The zero-order valence-corrected chi connectivity index (χ0v) is 8.94. The van der Waals surface area contributed by atoms with Gasteiger partial charge in [0.25, 0.3) is 0 Å². The number of hydrogen-bond acceptors (Lipinski definition) is 2. The maximum Gasteiger partial charge on any atom is 0.206 e. The fraction of sp³-hybridized carbons (Fsp3) is 0.818. The Morgan fingerprint density at radius 1 is 0.923 bits per heavy atom. The van der Waals surface area contributed by atoms with Gasteiger partial charge in [-0.25, -0.2) is 0 Å². The maximum absolute atomic E-state index is 11.6. The van der Waals surface area contributed by atoms with E-state index >= 15 is 0 Å². The van der Waals surface area contributed by atoms with E-state index < -0.39 is 0 Å². The van der Waals surface area contributed by atoms with Crippen LogP contribution in [0.2, 0.25) is 0 Å². The summed E-state index contributed by atoms with van der Waals surface area (Å²) in [5.74, 6) is -0.291. The Hall–Kier alpha value is -0.660. The van der Waals surface area contributed by atoms with Crippen LogP contribution < -0.4 is 0 Å². The molecule has 0 aromatic carbocycles. The van der Waals surface area contributed by atoms with Crippen molar-refractivity contribution < 1.29 is 9.59 Å². The fourth-order valence-electron chi connectivity index (χ4n) is 2.72. The third-order valence-electron chi connectivity index (χ3n) is 4.11. The molecule has 1 aliphatic rings. The first-order chi connectivity index (χ1) is 6.00. The first kappa shape index (κ1) is 10.4. The molecule has 1 rings (SSSR count). The molecular formula is C11H18O2. The van der Waals surface area contributed by atoms with Crippen LogP contribution in [0.5, 0.6) is 0 Å². The molecule has 1 saturated carbocycles. The number of hydrogen-bond donors (Lipinski definition) is 0. The number of carbonyl (C=O) groups excluding carboxylic acids is 2. The van der Waals surface area contributed by atoms with Crippen molar-refractivity contribution >= 4 is 11.6 Å². The van der Waals surface area contributed by atoms with Gasteiger partial charge >= 0.3 is 0 Å². The zero-order valence-electron chi connectivity index (χ0n) is 8.94. The minimum absolute atomic E-state index is 0.137. The minimum atomic E-state index is -0.381. The van der Waals surface area contributed by atoms with Gasteiger partial charge in [0.05, 0.1) is 0 Å². The standard InChI is InChI=1S/C11H18O2/c1-5-10(4)8(12)9(13)11(10,6-2)7-3/h5-7H2,1-4H3. The summed E-state index contributed by atoms with van der Waals surface area (Å²) in [5.41, 5.74) is -0.730. The predicted molar refractivity (Wildman–Crippen MR) is 51.4 cm³/mol. The molecule has 0 aromatic heterocycles. The van der Waals surface area contributed by atoms with Crippen LogP contribution in [0.3, 0.4) is 0 Å². The highest BCUT2D eigenvalue weighted by molar-refractivity contribution is 6.48. The molecule has 0 N–H and O–H groups in total. The van der Waals surface area contributed by atoms with E-state index in [4.69, 9.17) is 0 Å². The van der Waals surface area contributed by atoms with Gasteiger partial charge in [-0.2, -0.15) is 0 Å². The highest BCUT2D eigenvalue weighted by Crippen LogP contribution is 2.57. The van der Waals surface area contributed by atoms with Crippen molar-refractivity contribution in [2.75, 3.05) is 0 Å². The van der Waals surface area contributed by atoms with Crippen LogP contribution in [0.15, 0.2) is 0 Å². The van der Waals surface area contributed by atoms with Crippen LogP contribution >= 0.6 is 0 Å². The first-order valence-electron chi connectivity index (χ1n) is 5.09. The zero-order chi connectivity index (χ0) is 10.3. The SMILES string of the molecule is CCC1(C)C(=O)C(=O)C1(CC)CC. The van der Waals surface area contributed by atoms with E-state index in [-0.39, 0.29) is 22.4 Å². The van der Waals surface area contributed by atoms with Crippen molar-refractivity contribution in [1.82, 2.24) is 0 Å². The van der Waals surface area contributed by atoms with Crippen LogP contribution in [-0.4, -0.2) is 11.6 Å². The first-order valence-corrected chi connectivity index (χ1v) is 5.09. The fourth-order valence-corrected chi connectivity index (χ4v) is 2.72. The molecule has 13 heavy (non-hydrogen) atoms. The van der Waals surface area contributed by atoms with Gasteiger partial charge in [0.1, 0.15) is 0 Å². The van der Waals surface area contributed by atoms with Gasteiger partial charge in [-0.05, 0) is 19.3 Å². The van der Waals surface area contributed by atoms with Crippen molar-refractivity contribution in [3.05, 3.63) is 0 Å². The van der Waals surface area contributed by atoms with E-state index in [0.29, 0.717) is 0 Å². The third kappa shape index (κ3) is 0.890. The predicted octanol–water partition coefficient (Wildman–Crippen LogP) is 2.36. The summed E-state index contributed by atoms with van der Waals surface area (Å²) >= 11 is 0. The van der Waals surface area contributed by atoms with Crippen molar-refractivity contribution in [3.8, 4) is 0 Å². The Morgan fingerprint density at radius 2 is 1.38 bits per heavy atom. The van der Waals surface area contributed by atoms with Gasteiger partial charge in [-0.1, -0.05) is 27.7 Å². The largest absolute Gasteiger partial charge is 0.290 e. The highest BCUT2D eigenvalue weighted by Gasteiger charge is 2.66. The summed E-state index contributed by atoms with van der Waals surface area (Å²) in [6.45, 7) is 7.93. The third-order valence-corrected chi connectivity index (χ3v) is 4.11. The second kappa shape index (κ2) is 2.93. The molecule has 0 bridgehead atoms. The Balaban J connectivity index is 3.10. The summed E-state index contributed by atoms with van der Waals surface area (Å²) in [7, 11) is 0. The lowest BCUT2D eigenvalue weighted by atomic mass is 9.45. The van der Waals surface area contributed by atoms with E-state index in [9.17, 15) is 9.59 Å². The molecular weight excluding hydrogens is 164 g/mol. The summed E-state index contributed by atoms with van der Waals surface area (Å²) < 4.78 is 0. The lowest BCUT2D eigenvalue weighted by Crippen LogP contribution is -2.65. The van der Waals surface area contributed by atoms with Crippen LogP contribution in [-0.2, 0) is 9.59 Å². The summed E-state index contributed by atoms with van der Waals surface area (Å²) in [6.07, 6.45) is 2.36. The summed E-state index contributed by atoms with van der Waals surface area (Å²) in [6, 6.07) is 0. The Bertz CT molecular complexity index is 251. The summed E-state index contributed by atoms with van der Waals surface area (Å²) in [5, 5.41) is 0. The van der Waals surface area contributed by atoms with Gasteiger partial charge < -0.3 is 0 Å². The minimum Gasteiger partial charge on any atom is -0.290 e. The number of rotatable bonds is 3. The molecule has 1 atom stereocenters. The normalized spacial score (nSPS) is 31.7. The van der Waals surface area contributed by atoms with Gasteiger partial charge in [0.2, 0.25) is 11.6 Å². The van der Waals surface area contributed by atoms with Crippen LogP contribution in [0.25, 0.3) is 0 Å². The average Bonchev–Trinajstić information content (AvgIpc) is 2.18. The Kier molecular flexibility index (Phi) is 2.35. The van der Waals surface area contributed by atoms with E-state index in [1.807, 2.05) is 27.7 Å². The van der Waals surface area contributed by atoms with Crippen molar-refractivity contribution in [2.45, 2.75) is 47.0 Å². The second-order valence-electron chi connectivity index (χ2n) is 4.13. The lowest BCUT2D eigenvalue weighted by Gasteiger charge is -2.53. The molecule has 0 saturated heterocycles. The Morgan fingerprint density at radius 3 is 1.62 bits per heavy atom. The van der Waals surface area contributed by atoms with E-state index in [1.165, 1.54) is 0 Å². The van der Waals surface area contributed by atoms with Crippen molar-refractivity contribution in [3.63, 3.8) is 0 Å². The van der Waals surface area contributed by atoms with E-state index in [2.05, 4.69) is 0 Å². The smallest absolute Gasteiger partial charge is 0.206 e. The summed E-state index contributed by atoms with van der Waals surface area (Å²) in [4.78, 5) is 23.1. The number of carbonyl (C=O) groups is 2. The average molecular weight is 182 g/mol. The molecule has 0 amide bonds. The van der Waals surface area contributed by atoms with Crippen LogP contribution in [0.1, 0.15) is 47.0 Å². The van der Waals surface area contributed by atoms with Gasteiger partial charge in [-0.15, -0.1) is 0 Å². The highest BCUT2D eigenvalue weighted by atomic mass is 16.2. The molecule has 74 valence electrons. The van der Waals surface area contributed by atoms with Crippen LogP contribution in [0.4, 0.5) is 0 Å². The van der Waals surface area contributed by atoms with Crippen molar-refractivity contribution in [2.24, 2.45) is 10.8 Å². The van der Waals surface area contributed by atoms with E-state index in [1.54, 1.807) is 0 Å². The lowest BCUT2D eigenvalue weighted by molar-refractivity contribution is -0.174. The molecule has 0 aliphatic heterocycles. The van der Waals surface area contributed by atoms with Crippen LogP contribution in [0, 0.1) is 10.8 Å². The molecule has 1 unspecified atom stereocenters. The maximum atomic E-state index is 11.6. The topological polar surface area (TPSA) is 34.1 Å². The quantitative estimate of drug-likeness (QED) is 0.628. The second-order valence-corrected chi connectivity index (χ2v) is 4.13. The molecule has 0 radical (unpaired) electrons. The van der Waals surface area contributed by atoms with Gasteiger partial charge in [0.15, 0.2) is 0 Å². The van der Waals surface area contributed by atoms with Crippen molar-refractivity contribution in [1.29, 1.82) is 0 Å². The molecule has 1 fully saturated rings. The molecule has 2 heteroatoms. The monoisotopic (exact) mass is 182 g/mol. The molecule has 0 spiro atoms. The molecule has 0 heterocycles. The number of ketones is 2. The Labute approximate surface area is 79.7 Å². The van der Waals surface area contributed by atoms with Gasteiger partial charge in [-0.3, -0.25) is 9.59 Å². The van der Waals surface area contributed by atoms with E-state index in [0.717, 1.165) is 19.3 Å². The number of Topliss-reactive ketones (excluding diaryl/α,β-unsaturated/α-hetero) is 2. The molecule has 1 aliphatic carbocycles.